The zero-order chi connectivity index (χ0) is 39.1. The number of hydrogen-bond donors (Lipinski definition) is 1. The summed E-state index contributed by atoms with van der Waals surface area (Å²) in [6.07, 6.45) is -2.72. The maximum Gasteiger partial charge on any atom is 0.437 e. The third kappa shape index (κ3) is 16.5. The Hall–Kier alpha value is -5.40. The number of esters is 1. The Balaban J connectivity index is 2.64. The zero-order valence-corrected chi connectivity index (χ0v) is 31.8. The quantitative estimate of drug-likeness (QED) is 0.0844. The van der Waals surface area contributed by atoms with Gasteiger partial charge in [0.2, 0.25) is 5.96 Å². The first-order valence-electron chi connectivity index (χ1n) is 16.9. The molecule has 1 N–H and O–H groups in total. The number of ether oxygens (including phenoxy) is 5. The predicted molar refractivity (Wildman–Crippen MR) is 194 cm³/mol. The molecule has 0 aliphatic carbocycles. The predicted octanol–water partition coefficient (Wildman–Crippen LogP) is 7.72. The van der Waals surface area contributed by atoms with Gasteiger partial charge >= 0.3 is 30.3 Å². The number of hydrogen-bond acceptors (Lipinski definition) is 10. The lowest BCUT2D eigenvalue weighted by Gasteiger charge is -2.34. The van der Waals surface area contributed by atoms with Gasteiger partial charge in [0.15, 0.2) is 0 Å². The lowest BCUT2D eigenvalue weighted by Crippen LogP contribution is -2.52. The molecule has 0 saturated carbocycles. The highest BCUT2D eigenvalue weighted by atomic mass is 16.6. The smallest absolute Gasteiger partial charge is 0.437 e. The fourth-order valence-corrected chi connectivity index (χ4v) is 4.12. The van der Waals surface area contributed by atoms with E-state index in [0.29, 0.717) is 5.56 Å². The van der Waals surface area contributed by atoms with Gasteiger partial charge in [0.25, 0.3) is 0 Å². The molecule has 0 fully saturated rings. The summed E-state index contributed by atoms with van der Waals surface area (Å²) in [5, 5.41) is 2.40. The molecule has 52 heavy (non-hydrogen) atoms. The molecule has 0 atom stereocenters. The van der Waals surface area contributed by atoms with Gasteiger partial charge in [-0.25, -0.2) is 33.8 Å². The maximum absolute atomic E-state index is 13.9. The molecule has 0 aromatic heterocycles. The number of nitrogens with zero attached hydrogens (tertiary/aromatic N) is 3. The van der Waals surface area contributed by atoms with Crippen molar-refractivity contribution in [2.24, 2.45) is 4.99 Å². The van der Waals surface area contributed by atoms with Crippen molar-refractivity contribution in [3.05, 3.63) is 83.6 Å². The van der Waals surface area contributed by atoms with Crippen LogP contribution in [0.25, 0.3) is 0 Å². The molecular formula is C38H52N4O10. The largest absolute Gasteiger partial charge is 0.461 e. The summed E-state index contributed by atoms with van der Waals surface area (Å²) >= 11 is 0. The first-order valence-corrected chi connectivity index (χ1v) is 16.9. The van der Waals surface area contributed by atoms with Crippen LogP contribution in [-0.4, -0.2) is 76.1 Å². The van der Waals surface area contributed by atoms with Gasteiger partial charge in [-0.05, 0) is 86.8 Å². The molecule has 0 aliphatic heterocycles. The Kier molecular flexibility index (Phi) is 15.9. The summed E-state index contributed by atoms with van der Waals surface area (Å²) in [7, 11) is 0. The topological polar surface area (TPSA) is 162 Å². The summed E-state index contributed by atoms with van der Waals surface area (Å²) in [5.41, 5.74) is -1.87. The van der Waals surface area contributed by atoms with Crippen LogP contribution in [0.1, 0.15) is 86.8 Å². The number of nitrogens with one attached hydrogen (secondary N) is 1. The van der Waals surface area contributed by atoms with Crippen molar-refractivity contribution < 1.29 is 47.7 Å². The molecule has 0 spiro atoms. The Bertz CT molecular complexity index is 1570. The van der Waals surface area contributed by atoms with E-state index in [4.69, 9.17) is 23.7 Å². The second-order valence-electron chi connectivity index (χ2n) is 14.4. The molecule has 0 aliphatic rings. The van der Waals surface area contributed by atoms with Crippen LogP contribution in [0.2, 0.25) is 0 Å². The minimum absolute atomic E-state index is 0.0119. The lowest BCUT2D eigenvalue weighted by molar-refractivity contribution is -0.138. The molecule has 2 aromatic rings. The van der Waals surface area contributed by atoms with Crippen molar-refractivity contribution in [2.45, 2.75) is 106 Å². The molecule has 0 unspecified atom stereocenters. The van der Waals surface area contributed by atoms with Crippen molar-refractivity contribution in [3.8, 4) is 0 Å². The molecule has 2 rings (SSSR count). The molecule has 0 heterocycles. The summed E-state index contributed by atoms with van der Waals surface area (Å²) < 4.78 is 27.3. The van der Waals surface area contributed by atoms with E-state index in [9.17, 15) is 24.0 Å². The van der Waals surface area contributed by atoms with Crippen LogP contribution in [0.4, 0.5) is 19.2 Å². The lowest BCUT2D eigenvalue weighted by atomic mass is 10.2. The van der Waals surface area contributed by atoms with Crippen LogP contribution in [-0.2, 0) is 41.6 Å². The van der Waals surface area contributed by atoms with Crippen LogP contribution >= 0.6 is 0 Å². The standard InChI is InChI=1S/C38H52N4O10/c1-11-48-30(43)29(39-32(44)49-26-28-21-16-13-17-22-28)23-18-24-41(34(46)51-37(5,6)7)31(40-33(45)50-36(2,3)4)42(35(47)52-38(8,9)10)25-27-19-14-12-15-20-27/h12-17,19-23H,11,18,24-26H2,1-10H3,(H,39,44)/b29-23-,40-31+. The summed E-state index contributed by atoms with van der Waals surface area (Å²) in [5.74, 6) is -1.31. The van der Waals surface area contributed by atoms with Crippen LogP contribution in [0.3, 0.4) is 0 Å². The zero-order valence-electron chi connectivity index (χ0n) is 31.8. The number of rotatable bonds is 10. The van der Waals surface area contributed by atoms with Crippen LogP contribution in [0.15, 0.2) is 77.4 Å². The van der Waals surface area contributed by atoms with E-state index in [1.807, 2.05) is 6.07 Å². The van der Waals surface area contributed by atoms with Crippen LogP contribution in [0, 0.1) is 0 Å². The maximum atomic E-state index is 13.9. The van der Waals surface area contributed by atoms with Crippen LogP contribution < -0.4 is 5.32 Å². The molecule has 4 amide bonds. The SMILES string of the molecule is CCOC(=O)/C(=C/CCN(C(=O)OC(C)(C)C)/C(=N\C(=O)OC(C)(C)C)N(Cc1ccccc1)C(=O)OC(C)(C)C)NC(=O)OCc1ccccc1. The van der Waals surface area contributed by atoms with Gasteiger partial charge < -0.3 is 23.7 Å². The number of benzene rings is 2. The summed E-state index contributed by atoms with van der Waals surface area (Å²) in [4.78, 5) is 72.8. The van der Waals surface area contributed by atoms with Crippen molar-refractivity contribution in [2.75, 3.05) is 13.2 Å². The van der Waals surface area contributed by atoms with Crippen molar-refractivity contribution in [1.82, 2.24) is 15.1 Å². The van der Waals surface area contributed by atoms with E-state index in [2.05, 4.69) is 10.3 Å². The first-order chi connectivity index (χ1) is 24.2. The van der Waals surface area contributed by atoms with E-state index >= 15 is 0 Å². The molecule has 0 radical (unpaired) electrons. The Morgan fingerprint density at radius 2 is 1.19 bits per heavy atom. The molecule has 0 saturated heterocycles. The van der Waals surface area contributed by atoms with Gasteiger partial charge in [0.1, 0.15) is 29.1 Å². The molecule has 14 heteroatoms. The third-order valence-electron chi connectivity index (χ3n) is 6.12. The molecule has 14 nitrogen and oxygen atoms in total. The van der Waals surface area contributed by atoms with Crippen molar-refractivity contribution >= 4 is 36.3 Å². The second-order valence-corrected chi connectivity index (χ2v) is 14.4. The fourth-order valence-electron chi connectivity index (χ4n) is 4.12. The fraction of sp³-hybridized carbons (Fsp3) is 0.474. The van der Waals surface area contributed by atoms with Gasteiger partial charge in [-0.1, -0.05) is 66.7 Å². The Morgan fingerprint density at radius 1 is 0.692 bits per heavy atom. The molecule has 284 valence electrons. The van der Waals surface area contributed by atoms with Gasteiger partial charge in [-0.2, -0.15) is 0 Å². The average Bonchev–Trinajstić information content (AvgIpc) is 3.02. The van der Waals surface area contributed by atoms with E-state index < -0.39 is 53.1 Å². The number of amides is 4. The van der Waals surface area contributed by atoms with Gasteiger partial charge in [0.05, 0.1) is 13.2 Å². The molecule has 0 bridgehead atoms. The minimum Gasteiger partial charge on any atom is -0.461 e. The molecular weight excluding hydrogens is 672 g/mol. The highest BCUT2D eigenvalue weighted by molar-refractivity contribution is 6.05. The average molecular weight is 725 g/mol. The number of guanidine groups is 1. The number of alkyl carbamates (subject to hydrolysis) is 1. The van der Waals surface area contributed by atoms with E-state index in [1.54, 1.807) is 124 Å². The summed E-state index contributed by atoms with van der Waals surface area (Å²) in [6.45, 7) is 15.9. The highest BCUT2D eigenvalue weighted by Crippen LogP contribution is 2.19. The van der Waals surface area contributed by atoms with Crippen molar-refractivity contribution in [1.29, 1.82) is 0 Å². The summed E-state index contributed by atoms with van der Waals surface area (Å²) in [6, 6.07) is 17.8. The number of aliphatic imine (C=N–C) groups is 1. The van der Waals surface area contributed by atoms with Gasteiger partial charge in [-0.3, -0.25) is 5.32 Å². The Labute approximate surface area is 306 Å². The van der Waals surface area contributed by atoms with Gasteiger partial charge in [-0.15, -0.1) is 4.99 Å². The van der Waals surface area contributed by atoms with E-state index in [1.165, 1.54) is 6.08 Å². The highest BCUT2D eigenvalue weighted by Gasteiger charge is 2.35. The minimum atomic E-state index is -1.09. The third-order valence-corrected chi connectivity index (χ3v) is 6.12. The first kappa shape index (κ1) is 42.8. The normalized spacial score (nSPS) is 12.3. The van der Waals surface area contributed by atoms with E-state index in [0.717, 1.165) is 15.4 Å². The monoisotopic (exact) mass is 724 g/mol. The number of carbonyl (C=O) groups excluding carboxylic acids is 5. The van der Waals surface area contributed by atoms with Crippen LogP contribution in [0.5, 0.6) is 0 Å². The Morgan fingerprint density at radius 3 is 1.69 bits per heavy atom. The van der Waals surface area contributed by atoms with Gasteiger partial charge in [0, 0.05) is 6.54 Å². The molecule has 2 aromatic carbocycles. The number of carbonyl (C=O) groups is 5. The van der Waals surface area contributed by atoms with E-state index in [-0.39, 0.29) is 38.4 Å². The van der Waals surface area contributed by atoms with Crippen molar-refractivity contribution in [3.63, 3.8) is 0 Å². The second kappa shape index (κ2) is 19.3.